The zero-order chi connectivity index (χ0) is 39.5. The first kappa shape index (κ1) is 41.3. The maximum Gasteiger partial charge on any atom is 0.248 e. The first-order valence-electron chi connectivity index (χ1n) is 20.4. The number of aromatic hydroxyl groups is 1. The number of carbonyl (C=O) groups excluding carboxylic acids is 1. The molecule has 4 N–H and O–H groups in total. The molecule has 0 radical (unpaired) electrons. The molecule has 12 nitrogen and oxygen atoms in total. The number of nitrogens with zero attached hydrogens (tertiary/aromatic N) is 4. The van der Waals surface area contributed by atoms with E-state index in [0.717, 1.165) is 77.3 Å². The topological polar surface area (TPSA) is 143 Å². The fourth-order valence-corrected chi connectivity index (χ4v) is 8.23. The molecule has 0 bridgehead atoms. The average Bonchev–Trinajstić information content (AvgIpc) is 3.20. The zero-order valence-electron chi connectivity index (χ0n) is 33.3. The number of carbonyl (C=O) groups is 1. The van der Waals surface area contributed by atoms with Crippen LogP contribution in [0.3, 0.4) is 0 Å². The van der Waals surface area contributed by atoms with Gasteiger partial charge in [0.25, 0.3) is 0 Å². The van der Waals surface area contributed by atoms with Crippen LogP contribution in [-0.2, 0) is 27.2 Å². The largest absolute Gasteiger partial charge is 0.506 e. The van der Waals surface area contributed by atoms with E-state index in [-0.39, 0.29) is 35.4 Å². The first-order chi connectivity index (χ1) is 27.2. The Labute approximate surface area is 330 Å². The molecule has 6 rings (SSSR count). The maximum absolute atomic E-state index is 13.4. The number of rotatable bonds is 18. The Balaban J connectivity index is 0.907. The molecular weight excluding hydrogens is 709 g/mol. The average molecular weight is 769 g/mol. The van der Waals surface area contributed by atoms with Crippen LogP contribution in [0.2, 0.25) is 0 Å². The summed E-state index contributed by atoms with van der Waals surface area (Å²) >= 11 is 0. The number of H-pyrrole nitrogens is 1. The molecule has 1 atom stereocenters. The molecule has 2 aromatic heterocycles. The third-order valence-corrected chi connectivity index (χ3v) is 11.5. The molecular formula is C44H60N6O6. The number of aromatic nitrogens is 2. The lowest BCUT2D eigenvalue weighted by Crippen LogP contribution is -2.57. The van der Waals surface area contributed by atoms with Crippen LogP contribution >= 0.6 is 0 Å². The lowest BCUT2D eigenvalue weighted by atomic mass is 9.89. The number of likely N-dealkylation sites (tertiary alicyclic amines) is 1. The number of hydrogen-bond acceptors (Lipinski definition) is 10. The number of anilines is 1. The fraction of sp³-hybridized carbons (Fsp3) is 0.523. The number of phenolic OH excluding ortho intramolecular Hbond substituents is 1. The second-order valence-corrected chi connectivity index (χ2v) is 15.4. The van der Waals surface area contributed by atoms with Gasteiger partial charge in [0, 0.05) is 76.0 Å². The number of aliphatic hydroxyl groups excluding tert-OH is 1. The molecule has 1 spiro atoms. The summed E-state index contributed by atoms with van der Waals surface area (Å²) in [7, 11) is 0. The molecule has 2 aliphatic rings. The Kier molecular flexibility index (Phi) is 14.5. The highest BCUT2D eigenvalue weighted by Gasteiger charge is 2.40. The number of nitrogens with one attached hydrogen (secondary N) is 2. The highest BCUT2D eigenvalue weighted by atomic mass is 16.5. The van der Waals surface area contributed by atoms with Crippen LogP contribution in [0.4, 0.5) is 5.82 Å². The number of phenols is 1. The van der Waals surface area contributed by atoms with Crippen LogP contribution in [0.25, 0.3) is 10.9 Å². The van der Waals surface area contributed by atoms with Gasteiger partial charge in [-0.3, -0.25) is 14.5 Å². The normalized spacial score (nSPS) is 16.5. The second-order valence-electron chi connectivity index (χ2n) is 15.4. The van der Waals surface area contributed by atoms with Crippen LogP contribution in [0.5, 0.6) is 5.75 Å². The third kappa shape index (κ3) is 10.7. The van der Waals surface area contributed by atoms with E-state index in [9.17, 15) is 19.8 Å². The Hall–Kier alpha value is -4.33. The number of piperidine rings is 1. The van der Waals surface area contributed by atoms with Gasteiger partial charge in [-0.1, -0.05) is 44.2 Å². The molecule has 1 amide bonds. The van der Waals surface area contributed by atoms with Crippen LogP contribution in [0, 0.1) is 6.92 Å². The lowest BCUT2D eigenvalue weighted by molar-refractivity contribution is -0.134. The van der Waals surface area contributed by atoms with Crippen molar-refractivity contribution >= 4 is 22.6 Å². The van der Waals surface area contributed by atoms with Gasteiger partial charge >= 0.3 is 0 Å². The summed E-state index contributed by atoms with van der Waals surface area (Å²) in [5.74, 6) is 1.07. The number of fused-ring (bicyclic) bond motifs is 1. The minimum atomic E-state index is -0.862. The molecule has 2 saturated heterocycles. The van der Waals surface area contributed by atoms with E-state index in [1.165, 1.54) is 28.8 Å². The van der Waals surface area contributed by atoms with Gasteiger partial charge in [-0.15, -0.1) is 0 Å². The van der Waals surface area contributed by atoms with Crippen molar-refractivity contribution < 1.29 is 24.5 Å². The number of pyridine rings is 2. The Morgan fingerprint density at radius 1 is 1.05 bits per heavy atom. The smallest absolute Gasteiger partial charge is 0.248 e. The van der Waals surface area contributed by atoms with Crippen molar-refractivity contribution in [3.8, 4) is 5.75 Å². The molecule has 2 fully saturated rings. The standard InChI is InChI=1S/C44H60N6O6/c1-4-35(5-2)50(22-19-45-29-39(52)36-9-11-38(51)43-37(36)10-12-41(53)47-43)42(54)15-25-55-24-14-33-7-6-8-34(28-33)30-48-20-16-44(17-21-48)31-49(23-26-56-44)40-27-32(3)13-18-46-40/h6-13,18,27-28,35,39,45,51-52H,4-5,14-17,19-26,29-31H2,1-3H3,(H,47,53). The second kappa shape index (κ2) is 19.7. The van der Waals surface area contributed by atoms with Crippen molar-refractivity contribution in [1.82, 2.24) is 25.1 Å². The summed E-state index contributed by atoms with van der Waals surface area (Å²) in [4.78, 5) is 39.3. The minimum absolute atomic E-state index is 0.0450. The predicted molar refractivity (Wildman–Crippen MR) is 220 cm³/mol. The van der Waals surface area contributed by atoms with Gasteiger partial charge in [0.05, 0.1) is 43.5 Å². The van der Waals surface area contributed by atoms with E-state index >= 15 is 0 Å². The molecule has 2 aliphatic heterocycles. The summed E-state index contributed by atoms with van der Waals surface area (Å²) in [6.07, 6.45) is 5.88. The monoisotopic (exact) mass is 768 g/mol. The van der Waals surface area contributed by atoms with E-state index in [1.54, 1.807) is 12.1 Å². The lowest BCUT2D eigenvalue weighted by Gasteiger charge is -2.47. The fourth-order valence-electron chi connectivity index (χ4n) is 8.23. The molecule has 0 aliphatic carbocycles. The van der Waals surface area contributed by atoms with Gasteiger partial charge < -0.3 is 39.8 Å². The summed E-state index contributed by atoms with van der Waals surface area (Å²) in [6.45, 7) is 14.0. The minimum Gasteiger partial charge on any atom is -0.506 e. The number of morpholine rings is 1. The number of benzene rings is 2. The number of hydrogen-bond donors (Lipinski definition) is 4. The zero-order valence-corrected chi connectivity index (χ0v) is 33.3. The molecule has 12 heteroatoms. The molecule has 1 unspecified atom stereocenters. The maximum atomic E-state index is 13.4. The molecule has 4 aromatic rings. The number of ether oxygens (including phenoxy) is 2. The molecule has 4 heterocycles. The van der Waals surface area contributed by atoms with Crippen molar-refractivity contribution in [2.24, 2.45) is 0 Å². The van der Waals surface area contributed by atoms with Crippen molar-refractivity contribution in [1.29, 1.82) is 0 Å². The Morgan fingerprint density at radius 2 is 1.86 bits per heavy atom. The first-order valence-corrected chi connectivity index (χ1v) is 20.4. The van der Waals surface area contributed by atoms with E-state index in [4.69, 9.17) is 9.47 Å². The van der Waals surface area contributed by atoms with Crippen molar-refractivity contribution in [3.05, 3.63) is 99.5 Å². The van der Waals surface area contributed by atoms with Crippen molar-refractivity contribution in [2.45, 2.75) is 83.6 Å². The Morgan fingerprint density at radius 3 is 2.64 bits per heavy atom. The highest BCUT2D eigenvalue weighted by molar-refractivity contribution is 5.87. The number of amides is 1. The summed E-state index contributed by atoms with van der Waals surface area (Å²) in [5, 5.41) is 25.0. The molecule has 2 aromatic carbocycles. The number of aromatic amines is 1. The van der Waals surface area contributed by atoms with Crippen molar-refractivity contribution in [2.75, 3.05) is 70.5 Å². The molecule has 0 saturated carbocycles. The predicted octanol–water partition coefficient (Wildman–Crippen LogP) is 5.10. The van der Waals surface area contributed by atoms with Crippen LogP contribution in [0.15, 0.2) is 71.7 Å². The summed E-state index contributed by atoms with van der Waals surface area (Å²) in [6, 6.07) is 19.2. The van der Waals surface area contributed by atoms with Crippen LogP contribution in [0.1, 0.15) is 74.3 Å². The Bertz CT molecular complexity index is 1940. The van der Waals surface area contributed by atoms with Gasteiger partial charge in [-0.25, -0.2) is 4.98 Å². The molecule has 56 heavy (non-hydrogen) atoms. The third-order valence-electron chi connectivity index (χ3n) is 11.5. The van der Waals surface area contributed by atoms with E-state index in [1.807, 2.05) is 17.2 Å². The van der Waals surface area contributed by atoms with Gasteiger partial charge in [0.15, 0.2) is 0 Å². The number of aryl methyl sites for hydroxylation is 1. The summed E-state index contributed by atoms with van der Waals surface area (Å²) < 4.78 is 12.4. The van der Waals surface area contributed by atoms with Gasteiger partial charge in [0.1, 0.15) is 11.6 Å². The number of aliphatic hydroxyl groups is 1. The SMILES string of the molecule is CCC(CC)N(CCNCC(O)c1ccc(O)c2[nH]c(=O)ccc12)C(=O)CCOCCc1cccc(CN2CCC3(CC2)CN(c2cc(C)ccn2)CCO3)c1. The van der Waals surface area contributed by atoms with E-state index in [2.05, 4.69) is 76.2 Å². The van der Waals surface area contributed by atoms with E-state index < -0.39 is 6.10 Å². The van der Waals surface area contributed by atoms with Gasteiger partial charge in [-0.2, -0.15) is 0 Å². The van der Waals surface area contributed by atoms with Gasteiger partial charge in [-0.05, 0) is 85.5 Å². The highest BCUT2D eigenvalue weighted by Crippen LogP contribution is 2.33. The van der Waals surface area contributed by atoms with Gasteiger partial charge in [0.2, 0.25) is 11.5 Å². The van der Waals surface area contributed by atoms with Crippen LogP contribution in [-0.4, -0.2) is 113 Å². The van der Waals surface area contributed by atoms with Crippen molar-refractivity contribution in [3.63, 3.8) is 0 Å². The summed E-state index contributed by atoms with van der Waals surface area (Å²) in [5.41, 5.74) is 4.25. The van der Waals surface area contributed by atoms with E-state index in [0.29, 0.717) is 49.2 Å². The quantitative estimate of drug-likeness (QED) is 0.101. The van der Waals surface area contributed by atoms with Crippen LogP contribution < -0.4 is 15.8 Å². The molecule has 302 valence electrons.